The van der Waals surface area contributed by atoms with Crippen molar-refractivity contribution in [1.29, 1.82) is 0 Å². The maximum absolute atomic E-state index is 13.7. The summed E-state index contributed by atoms with van der Waals surface area (Å²) in [5.41, 5.74) is 1.72. The second kappa shape index (κ2) is 15.6. The van der Waals surface area contributed by atoms with Gasteiger partial charge in [-0.25, -0.2) is 13.2 Å². The van der Waals surface area contributed by atoms with Crippen LogP contribution in [0.15, 0.2) is 24.3 Å². The predicted molar refractivity (Wildman–Crippen MR) is 138 cm³/mol. The number of halogens is 4. The molecule has 0 bridgehead atoms. The smallest absolute Gasteiger partial charge is 0.311 e. The molecule has 0 radical (unpaired) electrons. The van der Waals surface area contributed by atoms with Crippen molar-refractivity contribution in [1.82, 2.24) is 0 Å². The highest BCUT2D eigenvalue weighted by molar-refractivity contribution is 5.74. The lowest BCUT2D eigenvalue weighted by Gasteiger charge is -2.19. The van der Waals surface area contributed by atoms with Crippen molar-refractivity contribution >= 4 is 23.3 Å². The van der Waals surface area contributed by atoms with E-state index in [1.54, 1.807) is 41.5 Å². The van der Waals surface area contributed by atoms with Crippen molar-refractivity contribution < 1.29 is 46.7 Å². The van der Waals surface area contributed by atoms with Crippen LogP contribution in [0, 0.1) is 33.4 Å². The van der Waals surface area contributed by atoms with E-state index >= 15 is 0 Å². The number of aliphatic hydroxyl groups excluding tert-OH is 1. The monoisotopic (exact) mass is 564 g/mol. The van der Waals surface area contributed by atoms with Crippen molar-refractivity contribution in [2.75, 3.05) is 12.8 Å². The van der Waals surface area contributed by atoms with Gasteiger partial charge in [0.2, 0.25) is 5.82 Å². The zero-order valence-corrected chi connectivity index (χ0v) is 22.2. The zero-order chi connectivity index (χ0) is 30.0. The standard InChI is InChI=1S/C12H13F2NO4.C12H15F2NO2.CH4O.CH4/c1-12(2,3)19-10(16)6-7-8(13)4-5-9(11(7)14)15(17)18;1-12(2,3)17-10(16)6-7-8(13)4-5-9(15)11(7)14;1-2;/h4-5H,6H2,1-3H3;4-5H,6,15H2,1-3H3;2H,1H3;1H4. The third-order valence-corrected chi connectivity index (χ3v) is 4.06. The average Bonchev–Trinajstić information content (AvgIpc) is 2.76. The lowest BCUT2D eigenvalue weighted by Crippen LogP contribution is -2.25. The third kappa shape index (κ3) is 13.1. The third-order valence-electron chi connectivity index (χ3n) is 4.06. The van der Waals surface area contributed by atoms with E-state index in [0.717, 1.165) is 25.3 Å². The van der Waals surface area contributed by atoms with Crippen molar-refractivity contribution in [3.63, 3.8) is 0 Å². The molecule has 39 heavy (non-hydrogen) atoms. The van der Waals surface area contributed by atoms with Gasteiger partial charge in [0.25, 0.3) is 0 Å². The van der Waals surface area contributed by atoms with Gasteiger partial charge in [0.1, 0.15) is 22.8 Å². The fourth-order valence-electron chi connectivity index (χ4n) is 2.71. The largest absolute Gasteiger partial charge is 0.460 e. The number of nitro groups is 1. The molecule has 0 fully saturated rings. The highest BCUT2D eigenvalue weighted by Crippen LogP contribution is 2.24. The number of esters is 2. The summed E-state index contributed by atoms with van der Waals surface area (Å²) < 4.78 is 63.8. The molecule has 0 spiro atoms. The summed E-state index contributed by atoms with van der Waals surface area (Å²) in [6, 6.07) is 3.60. The molecule has 3 N–H and O–H groups in total. The molecule has 0 aliphatic carbocycles. The summed E-state index contributed by atoms with van der Waals surface area (Å²) in [7, 11) is 1.00. The molecular weight excluding hydrogens is 528 g/mol. The number of nitrogens with two attached hydrogens (primary N) is 1. The SMILES string of the molecule is C.CC(C)(C)OC(=O)Cc1c(F)ccc(N)c1F.CC(C)(C)OC(=O)Cc1c(F)ccc([N+](=O)[O-])c1F.CO. The van der Waals surface area contributed by atoms with Gasteiger partial charge >= 0.3 is 17.6 Å². The molecule has 220 valence electrons. The van der Waals surface area contributed by atoms with E-state index in [9.17, 15) is 37.3 Å². The van der Waals surface area contributed by atoms with Gasteiger partial charge in [0.15, 0.2) is 5.82 Å². The molecule has 0 amide bonds. The fourth-order valence-corrected chi connectivity index (χ4v) is 2.71. The van der Waals surface area contributed by atoms with E-state index in [1.807, 2.05) is 0 Å². The first-order chi connectivity index (χ1) is 17.3. The molecule has 0 aromatic heterocycles. The topological polar surface area (TPSA) is 142 Å². The number of hydrogen-bond acceptors (Lipinski definition) is 8. The highest BCUT2D eigenvalue weighted by atomic mass is 19.1. The van der Waals surface area contributed by atoms with Crippen LogP contribution in [0.25, 0.3) is 0 Å². The number of anilines is 1. The molecule has 13 heteroatoms. The van der Waals surface area contributed by atoms with Gasteiger partial charge in [-0.2, -0.15) is 4.39 Å². The van der Waals surface area contributed by atoms with E-state index in [1.165, 1.54) is 0 Å². The summed E-state index contributed by atoms with van der Waals surface area (Å²) in [6.45, 7) is 9.84. The maximum atomic E-state index is 13.7. The van der Waals surface area contributed by atoms with E-state index in [4.69, 9.17) is 20.3 Å². The number of benzene rings is 2. The lowest BCUT2D eigenvalue weighted by atomic mass is 10.1. The Morgan fingerprint density at radius 2 is 1.18 bits per heavy atom. The molecular formula is C26H36F4N2O7. The Morgan fingerprint density at radius 1 is 0.821 bits per heavy atom. The summed E-state index contributed by atoms with van der Waals surface area (Å²) >= 11 is 0. The molecule has 0 saturated heterocycles. The summed E-state index contributed by atoms with van der Waals surface area (Å²) in [5, 5.41) is 17.5. The van der Waals surface area contributed by atoms with Crippen LogP contribution < -0.4 is 5.73 Å². The Kier molecular flexibility index (Phi) is 15.0. The molecule has 0 atom stereocenters. The first kappa shape index (κ1) is 37.4. The van der Waals surface area contributed by atoms with Crippen LogP contribution in [0.4, 0.5) is 28.9 Å². The zero-order valence-electron chi connectivity index (χ0n) is 22.2. The average molecular weight is 565 g/mol. The Balaban J connectivity index is 0. The van der Waals surface area contributed by atoms with Crippen LogP contribution in [-0.2, 0) is 31.9 Å². The van der Waals surface area contributed by atoms with E-state index in [2.05, 4.69) is 0 Å². The number of hydrogen-bond donors (Lipinski definition) is 2. The minimum Gasteiger partial charge on any atom is -0.460 e. The molecule has 9 nitrogen and oxygen atoms in total. The van der Waals surface area contributed by atoms with Crippen molar-refractivity contribution in [3.8, 4) is 0 Å². The number of carbonyl (C=O) groups is 2. The number of nitrogens with zero attached hydrogens (tertiary/aromatic N) is 1. The van der Waals surface area contributed by atoms with Gasteiger partial charge in [-0.05, 0) is 59.7 Å². The first-order valence-corrected chi connectivity index (χ1v) is 11.0. The van der Waals surface area contributed by atoms with Gasteiger partial charge < -0.3 is 20.3 Å². The molecule has 0 unspecified atom stereocenters. The second-order valence-electron chi connectivity index (χ2n) is 9.57. The summed E-state index contributed by atoms with van der Waals surface area (Å²) in [6.07, 6.45) is -1.17. The molecule has 0 aliphatic heterocycles. The highest BCUT2D eigenvalue weighted by Gasteiger charge is 2.25. The molecule has 2 aromatic rings. The van der Waals surface area contributed by atoms with Crippen LogP contribution >= 0.6 is 0 Å². The Labute approximate surface area is 225 Å². The predicted octanol–water partition coefficient (Wildman–Crippen LogP) is 5.43. The van der Waals surface area contributed by atoms with Crippen LogP contribution in [0.3, 0.4) is 0 Å². The Morgan fingerprint density at radius 3 is 1.54 bits per heavy atom. The summed E-state index contributed by atoms with van der Waals surface area (Å²) in [5.74, 6) is -5.63. The number of nitro benzene ring substituents is 1. The van der Waals surface area contributed by atoms with Crippen molar-refractivity contribution in [3.05, 3.63) is 68.8 Å². The van der Waals surface area contributed by atoms with E-state index in [-0.39, 0.29) is 18.7 Å². The fraction of sp³-hybridized carbons (Fsp3) is 0.462. The number of aliphatic hydroxyl groups is 1. The van der Waals surface area contributed by atoms with Gasteiger partial charge in [-0.1, -0.05) is 7.43 Å². The number of ether oxygens (including phenoxy) is 2. The van der Waals surface area contributed by atoms with E-state index < -0.39 is 75.4 Å². The molecule has 0 heterocycles. The summed E-state index contributed by atoms with van der Waals surface area (Å²) in [4.78, 5) is 32.5. The second-order valence-corrected chi connectivity index (χ2v) is 9.57. The van der Waals surface area contributed by atoms with Gasteiger partial charge in [0.05, 0.1) is 23.5 Å². The molecule has 0 aliphatic rings. The number of carbonyl (C=O) groups excluding carboxylic acids is 2. The van der Waals surface area contributed by atoms with Crippen molar-refractivity contribution in [2.24, 2.45) is 0 Å². The van der Waals surface area contributed by atoms with E-state index in [0.29, 0.717) is 6.07 Å². The van der Waals surface area contributed by atoms with Crippen LogP contribution in [0.1, 0.15) is 60.1 Å². The first-order valence-electron chi connectivity index (χ1n) is 11.0. The number of nitrogen functional groups attached to an aromatic ring is 1. The molecule has 2 rings (SSSR count). The number of rotatable bonds is 5. The molecule has 2 aromatic carbocycles. The van der Waals surface area contributed by atoms with Crippen LogP contribution in [0.2, 0.25) is 0 Å². The minimum atomic E-state index is -1.35. The van der Waals surface area contributed by atoms with Crippen LogP contribution in [0.5, 0.6) is 0 Å². The normalized spacial score (nSPS) is 10.6. The Hall–Kier alpha value is -3.74. The lowest BCUT2D eigenvalue weighted by molar-refractivity contribution is -0.387. The van der Waals surface area contributed by atoms with Crippen LogP contribution in [-0.4, -0.2) is 40.3 Å². The maximum Gasteiger partial charge on any atom is 0.311 e. The van der Waals surface area contributed by atoms with Crippen molar-refractivity contribution in [2.45, 2.75) is 73.0 Å². The molecule has 0 saturated carbocycles. The van der Waals surface area contributed by atoms with Gasteiger partial charge in [-0.3, -0.25) is 19.7 Å². The quantitative estimate of drug-likeness (QED) is 0.161. The van der Waals surface area contributed by atoms with Gasteiger partial charge in [0, 0.05) is 24.3 Å². The Bertz CT molecular complexity index is 1140. The van der Waals surface area contributed by atoms with Gasteiger partial charge in [-0.15, -0.1) is 0 Å². The minimum absolute atomic E-state index is 0.